The average Bonchev–Trinajstić information content (AvgIpc) is 2.98. The molecule has 0 aliphatic heterocycles. The van der Waals surface area contributed by atoms with Gasteiger partial charge < -0.3 is 14.2 Å². The third kappa shape index (κ3) is 6.18. The summed E-state index contributed by atoms with van der Waals surface area (Å²) in [5.74, 6) is 1.74. The smallest absolute Gasteiger partial charge is 0.342 e. The largest absolute Gasteiger partial charge is 0.497 e. The van der Waals surface area contributed by atoms with Gasteiger partial charge in [-0.3, -0.25) is 0 Å². The van der Waals surface area contributed by atoms with E-state index in [0.717, 1.165) is 43.9 Å². The van der Waals surface area contributed by atoms with E-state index in [1.807, 2.05) is 78.9 Å². The molecule has 5 aromatic carbocycles. The van der Waals surface area contributed by atoms with Crippen LogP contribution < -0.4 is 9.47 Å². The van der Waals surface area contributed by atoms with E-state index in [-0.39, 0.29) is 12.6 Å². The Morgan fingerprint density at radius 1 is 0.737 bits per heavy atom. The van der Waals surface area contributed by atoms with E-state index in [2.05, 4.69) is 36.4 Å². The molecule has 190 valence electrons. The summed E-state index contributed by atoms with van der Waals surface area (Å²) in [7, 11) is 1.67. The molecule has 4 nitrogen and oxygen atoms in total. The maximum absolute atomic E-state index is 13.2. The molecular weight excluding hydrogens is 492 g/mol. The SMILES string of the molecule is COc1ccc(-c2ccc(SCCOc3ccc4ccccc4c3C(=O)OCc3ccccc3)cc2)cc1. The Kier molecular flexibility index (Phi) is 8.26. The van der Waals surface area contributed by atoms with Crippen LogP contribution in [-0.2, 0) is 11.3 Å². The number of carbonyl (C=O) groups excluding carboxylic acids is 1. The minimum absolute atomic E-state index is 0.213. The maximum Gasteiger partial charge on any atom is 0.342 e. The Balaban J connectivity index is 1.22. The van der Waals surface area contributed by atoms with Crippen LogP contribution in [0.1, 0.15) is 15.9 Å². The number of ether oxygens (including phenoxy) is 3. The Labute approximate surface area is 227 Å². The molecule has 0 atom stereocenters. The number of thioether (sulfide) groups is 1. The van der Waals surface area contributed by atoms with Crippen LogP contribution >= 0.6 is 11.8 Å². The van der Waals surface area contributed by atoms with Gasteiger partial charge in [-0.05, 0) is 57.8 Å². The Bertz CT molecular complexity index is 1500. The van der Waals surface area contributed by atoms with E-state index in [9.17, 15) is 4.79 Å². The summed E-state index contributed by atoms with van der Waals surface area (Å²) in [6.45, 7) is 0.674. The van der Waals surface area contributed by atoms with E-state index < -0.39 is 0 Å². The molecule has 0 aliphatic rings. The van der Waals surface area contributed by atoms with Gasteiger partial charge in [0, 0.05) is 10.6 Å². The predicted octanol–water partition coefficient (Wildman–Crippen LogP) is 8.04. The highest BCUT2D eigenvalue weighted by Crippen LogP contribution is 2.30. The number of rotatable bonds is 10. The molecule has 0 spiro atoms. The fourth-order valence-corrected chi connectivity index (χ4v) is 4.95. The molecule has 5 heteroatoms. The van der Waals surface area contributed by atoms with E-state index in [0.29, 0.717) is 17.9 Å². The lowest BCUT2D eigenvalue weighted by molar-refractivity contribution is 0.0471. The standard InChI is InChI=1S/C33H28O4S/c1-35-28-16-11-25(12-17-28)26-13-18-29(19-14-26)38-22-21-36-31-20-15-27-9-5-6-10-30(27)32(31)33(34)37-23-24-7-3-2-4-8-24/h2-20H,21-23H2,1H3. The van der Waals surface area contributed by atoms with Crippen molar-refractivity contribution in [3.8, 4) is 22.6 Å². The van der Waals surface area contributed by atoms with Gasteiger partial charge in [0.2, 0.25) is 0 Å². The maximum atomic E-state index is 13.2. The highest BCUT2D eigenvalue weighted by molar-refractivity contribution is 7.99. The van der Waals surface area contributed by atoms with Crippen molar-refractivity contribution in [3.05, 3.63) is 126 Å². The topological polar surface area (TPSA) is 44.8 Å². The molecule has 0 radical (unpaired) electrons. The second kappa shape index (κ2) is 12.3. The van der Waals surface area contributed by atoms with E-state index in [4.69, 9.17) is 14.2 Å². The molecule has 5 aromatic rings. The van der Waals surface area contributed by atoms with E-state index in [1.165, 1.54) is 0 Å². The second-order valence-electron chi connectivity index (χ2n) is 8.67. The molecule has 0 aromatic heterocycles. The normalized spacial score (nSPS) is 10.8. The molecule has 0 saturated heterocycles. The third-order valence-electron chi connectivity index (χ3n) is 6.19. The molecule has 0 aliphatic carbocycles. The number of esters is 1. The van der Waals surface area contributed by atoms with Gasteiger partial charge in [0.1, 0.15) is 23.7 Å². The Morgan fingerprint density at radius 2 is 1.42 bits per heavy atom. The van der Waals surface area contributed by atoms with Gasteiger partial charge in [0.25, 0.3) is 0 Å². The van der Waals surface area contributed by atoms with Crippen LogP contribution in [0.25, 0.3) is 21.9 Å². The van der Waals surface area contributed by atoms with Crippen LogP contribution in [0, 0.1) is 0 Å². The lowest BCUT2D eigenvalue weighted by Gasteiger charge is -2.14. The third-order valence-corrected chi connectivity index (χ3v) is 7.17. The van der Waals surface area contributed by atoms with Crippen molar-refractivity contribution in [2.75, 3.05) is 19.5 Å². The summed E-state index contributed by atoms with van der Waals surface area (Å²) in [6.07, 6.45) is 0. The summed E-state index contributed by atoms with van der Waals surface area (Å²) >= 11 is 1.71. The first kappa shape index (κ1) is 25.4. The summed E-state index contributed by atoms with van der Waals surface area (Å²) < 4.78 is 17.0. The summed E-state index contributed by atoms with van der Waals surface area (Å²) in [6, 6.07) is 37.8. The zero-order valence-corrected chi connectivity index (χ0v) is 21.9. The molecule has 0 bridgehead atoms. The number of methoxy groups -OCH3 is 1. The minimum Gasteiger partial charge on any atom is -0.497 e. The second-order valence-corrected chi connectivity index (χ2v) is 9.84. The highest BCUT2D eigenvalue weighted by Gasteiger charge is 2.18. The van der Waals surface area contributed by atoms with Gasteiger partial charge in [0.05, 0.1) is 13.7 Å². The molecule has 5 rings (SSSR count). The molecule has 0 amide bonds. The monoisotopic (exact) mass is 520 g/mol. The average molecular weight is 521 g/mol. The van der Waals surface area contributed by atoms with Gasteiger partial charge in [0.15, 0.2) is 0 Å². The van der Waals surface area contributed by atoms with Gasteiger partial charge >= 0.3 is 5.97 Å². The van der Waals surface area contributed by atoms with Crippen molar-refractivity contribution >= 4 is 28.5 Å². The van der Waals surface area contributed by atoms with Gasteiger partial charge in [-0.1, -0.05) is 84.9 Å². The zero-order chi connectivity index (χ0) is 26.2. The quantitative estimate of drug-likeness (QED) is 0.106. The molecule has 0 saturated carbocycles. The summed E-state index contributed by atoms with van der Waals surface area (Å²) in [5, 5.41) is 1.79. The van der Waals surface area contributed by atoms with Crippen LogP contribution in [0.15, 0.2) is 120 Å². The Morgan fingerprint density at radius 3 is 2.16 bits per heavy atom. The van der Waals surface area contributed by atoms with Crippen LogP contribution in [0.5, 0.6) is 11.5 Å². The van der Waals surface area contributed by atoms with Crippen molar-refractivity contribution in [2.45, 2.75) is 11.5 Å². The fraction of sp³-hybridized carbons (Fsp3) is 0.121. The lowest BCUT2D eigenvalue weighted by atomic mass is 10.0. The fourth-order valence-electron chi connectivity index (χ4n) is 4.22. The summed E-state index contributed by atoms with van der Waals surface area (Å²) in [5.41, 5.74) is 3.71. The van der Waals surface area contributed by atoms with Crippen molar-refractivity contribution in [1.82, 2.24) is 0 Å². The number of carbonyl (C=O) groups is 1. The molecule has 0 N–H and O–H groups in total. The predicted molar refractivity (Wildman–Crippen MR) is 154 cm³/mol. The molecular formula is C33H28O4S. The zero-order valence-electron chi connectivity index (χ0n) is 21.1. The molecule has 0 unspecified atom stereocenters. The molecule has 38 heavy (non-hydrogen) atoms. The number of benzene rings is 5. The van der Waals surface area contributed by atoms with Gasteiger partial charge in [-0.2, -0.15) is 0 Å². The lowest BCUT2D eigenvalue weighted by Crippen LogP contribution is -2.10. The van der Waals surface area contributed by atoms with Crippen molar-refractivity contribution < 1.29 is 19.0 Å². The van der Waals surface area contributed by atoms with Crippen LogP contribution in [0.3, 0.4) is 0 Å². The molecule has 0 fully saturated rings. The van der Waals surface area contributed by atoms with Crippen LogP contribution in [0.4, 0.5) is 0 Å². The van der Waals surface area contributed by atoms with Crippen molar-refractivity contribution in [3.63, 3.8) is 0 Å². The number of hydrogen-bond donors (Lipinski definition) is 0. The first-order chi connectivity index (χ1) is 18.7. The summed E-state index contributed by atoms with van der Waals surface area (Å²) in [4.78, 5) is 14.3. The number of fused-ring (bicyclic) bond motifs is 1. The molecule has 0 heterocycles. The van der Waals surface area contributed by atoms with E-state index >= 15 is 0 Å². The first-order valence-corrected chi connectivity index (χ1v) is 13.4. The van der Waals surface area contributed by atoms with Crippen LogP contribution in [-0.4, -0.2) is 25.4 Å². The first-order valence-electron chi connectivity index (χ1n) is 12.4. The van der Waals surface area contributed by atoms with E-state index in [1.54, 1.807) is 18.9 Å². The Hall–Kier alpha value is -4.22. The minimum atomic E-state index is -0.387. The highest BCUT2D eigenvalue weighted by atomic mass is 32.2. The van der Waals surface area contributed by atoms with Crippen molar-refractivity contribution in [2.24, 2.45) is 0 Å². The van der Waals surface area contributed by atoms with Gasteiger partial charge in [-0.15, -0.1) is 11.8 Å². The van der Waals surface area contributed by atoms with Gasteiger partial charge in [-0.25, -0.2) is 4.79 Å². The number of hydrogen-bond acceptors (Lipinski definition) is 5. The van der Waals surface area contributed by atoms with Crippen molar-refractivity contribution in [1.29, 1.82) is 0 Å². The van der Waals surface area contributed by atoms with Crippen LogP contribution in [0.2, 0.25) is 0 Å².